The lowest BCUT2D eigenvalue weighted by atomic mass is 9.95. The Hall–Kier alpha value is -1.88. The van der Waals surface area contributed by atoms with Crippen LogP contribution in [0.3, 0.4) is 0 Å². The molecule has 1 aromatic carbocycles. The Morgan fingerprint density at radius 1 is 1.33 bits per heavy atom. The third-order valence-corrected chi connectivity index (χ3v) is 4.19. The number of aryl methyl sites for hydroxylation is 1. The number of rotatable bonds is 4. The van der Waals surface area contributed by atoms with E-state index in [4.69, 9.17) is 9.37 Å². The molecule has 1 fully saturated rings. The molecule has 1 aliphatic rings. The molecule has 3 rings (SSSR count). The highest BCUT2D eigenvalue weighted by molar-refractivity contribution is 5.31. The zero-order valence-corrected chi connectivity index (χ0v) is 12.6. The fourth-order valence-corrected chi connectivity index (χ4v) is 2.99. The molecule has 0 amide bonds. The van der Waals surface area contributed by atoms with Crippen molar-refractivity contribution in [2.75, 3.05) is 13.7 Å². The van der Waals surface area contributed by atoms with Crippen molar-refractivity contribution >= 4 is 0 Å². The Morgan fingerprint density at radius 2 is 2.24 bits per heavy atom. The topological polar surface area (TPSA) is 51.4 Å². The standard InChI is InChI=1S/C16H21N3O2/c1-12-15(18-21-17-12)11-19-9-4-3-8-16(19)13-6-5-7-14(10-13)20-2/h5-7,10,16H,3-4,8-9,11H2,1-2H3. The fraction of sp³-hybridized carbons (Fsp3) is 0.500. The average Bonchev–Trinajstić information content (AvgIpc) is 2.93. The summed E-state index contributed by atoms with van der Waals surface area (Å²) in [4.78, 5) is 2.46. The van der Waals surface area contributed by atoms with Gasteiger partial charge in [0.15, 0.2) is 0 Å². The summed E-state index contributed by atoms with van der Waals surface area (Å²) in [6.45, 7) is 3.81. The van der Waals surface area contributed by atoms with Crippen LogP contribution in [-0.2, 0) is 6.54 Å². The highest BCUT2D eigenvalue weighted by atomic mass is 16.6. The Morgan fingerprint density at radius 3 is 3.00 bits per heavy atom. The van der Waals surface area contributed by atoms with Gasteiger partial charge in [-0.25, -0.2) is 4.63 Å². The quantitative estimate of drug-likeness (QED) is 0.864. The van der Waals surface area contributed by atoms with Crippen molar-refractivity contribution in [3.8, 4) is 5.75 Å². The molecular formula is C16H21N3O2. The number of benzene rings is 1. The summed E-state index contributed by atoms with van der Waals surface area (Å²) in [5.41, 5.74) is 3.12. The number of aromatic nitrogens is 2. The van der Waals surface area contributed by atoms with E-state index in [2.05, 4.69) is 33.4 Å². The van der Waals surface area contributed by atoms with Crippen LogP contribution in [0, 0.1) is 6.92 Å². The molecule has 21 heavy (non-hydrogen) atoms. The van der Waals surface area contributed by atoms with E-state index < -0.39 is 0 Å². The molecule has 1 unspecified atom stereocenters. The molecule has 2 heterocycles. The van der Waals surface area contributed by atoms with Crippen LogP contribution in [0.15, 0.2) is 28.9 Å². The zero-order chi connectivity index (χ0) is 14.7. The minimum atomic E-state index is 0.407. The summed E-state index contributed by atoms with van der Waals surface area (Å²) in [6.07, 6.45) is 3.65. The van der Waals surface area contributed by atoms with Crippen molar-refractivity contribution < 1.29 is 9.37 Å². The van der Waals surface area contributed by atoms with E-state index in [1.54, 1.807) is 7.11 Å². The van der Waals surface area contributed by atoms with E-state index in [0.717, 1.165) is 36.6 Å². The summed E-state index contributed by atoms with van der Waals surface area (Å²) >= 11 is 0. The van der Waals surface area contributed by atoms with E-state index >= 15 is 0 Å². The molecule has 0 radical (unpaired) electrons. The smallest absolute Gasteiger partial charge is 0.122 e. The van der Waals surface area contributed by atoms with Crippen LogP contribution >= 0.6 is 0 Å². The van der Waals surface area contributed by atoms with Crippen LogP contribution in [-0.4, -0.2) is 28.9 Å². The van der Waals surface area contributed by atoms with Crippen molar-refractivity contribution in [2.45, 2.75) is 38.8 Å². The molecule has 112 valence electrons. The molecule has 1 saturated heterocycles. The highest BCUT2D eigenvalue weighted by Crippen LogP contribution is 2.33. The van der Waals surface area contributed by atoms with Crippen molar-refractivity contribution in [3.05, 3.63) is 41.2 Å². The van der Waals surface area contributed by atoms with Gasteiger partial charge < -0.3 is 4.74 Å². The Labute approximate surface area is 124 Å². The maximum absolute atomic E-state index is 5.35. The summed E-state index contributed by atoms with van der Waals surface area (Å²) < 4.78 is 10.2. The Balaban J connectivity index is 1.82. The van der Waals surface area contributed by atoms with E-state index in [9.17, 15) is 0 Å². The molecule has 0 saturated carbocycles. The summed E-state index contributed by atoms with van der Waals surface area (Å²) in [7, 11) is 1.71. The molecule has 0 bridgehead atoms. The molecule has 2 aromatic rings. The zero-order valence-electron chi connectivity index (χ0n) is 12.6. The lowest BCUT2D eigenvalue weighted by molar-refractivity contribution is 0.136. The molecule has 0 spiro atoms. The van der Waals surface area contributed by atoms with Crippen molar-refractivity contribution in [2.24, 2.45) is 0 Å². The van der Waals surface area contributed by atoms with Crippen LogP contribution in [0.5, 0.6) is 5.75 Å². The van der Waals surface area contributed by atoms with Crippen molar-refractivity contribution in [1.29, 1.82) is 0 Å². The third kappa shape index (κ3) is 3.08. The second kappa shape index (κ2) is 6.26. The van der Waals surface area contributed by atoms with Gasteiger partial charge in [0.2, 0.25) is 0 Å². The van der Waals surface area contributed by atoms with Crippen molar-refractivity contribution in [1.82, 2.24) is 15.2 Å². The largest absolute Gasteiger partial charge is 0.497 e. The van der Waals surface area contributed by atoms with Gasteiger partial charge in [0.05, 0.1) is 7.11 Å². The average molecular weight is 287 g/mol. The SMILES string of the molecule is COc1cccc(C2CCCCN2Cc2nonc2C)c1. The second-order valence-electron chi connectivity index (χ2n) is 5.55. The molecule has 5 nitrogen and oxygen atoms in total. The van der Waals surface area contributed by atoms with E-state index in [-0.39, 0.29) is 0 Å². The van der Waals surface area contributed by atoms with E-state index in [0.29, 0.717) is 6.04 Å². The van der Waals surface area contributed by atoms with E-state index in [1.165, 1.54) is 18.4 Å². The maximum atomic E-state index is 5.35. The first-order valence-electron chi connectivity index (χ1n) is 7.44. The summed E-state index contributed by atoms with van der Waals surface area (Å²) in [6, 6.07) is 8.77. The first-order chi connectivity index (χ1) is 10.3. The molecule has 1 atom stereocenters. The van der Waals surface area contributed by atoms with Gasteiger partial charge in [-0.3, -0.25) is 4.90 Å². The lowest BCUT2D eigenvalue weighted by Crippen LogP contribution is -2.33. The monoisotopic (exact) mass is 287 g/mol. The number of hydrogen-bond donors (Lipinski definition) is 0. The highest BCUT2D eigenvalue weighted by Gasteiger charge is 2.25. The first-order valence-corrected chi connectivity index (χ1v) is 7.44. The number of likely N-dealkylation sites (tertiary alicyclic amines) is 1. The fourth-order valence-electron chi connectivity index (χ4n) is 2.99. The van der Waals surface area contributed by atoms with Crippen LogP contribution in [0.25, 0.3) is 0 Å². The van der Waals surface area contributed by atoms with Crippen molar-refractivity contribution in [3.63, 3.8) is 0 Å². The van der Waals surface area contributed by atoms with Gasteiger partial charge in [0.1, 0.15) is 17.1 Å². The third-order valence-electron chi connectivity index (χ3n) is 4.19. The molecular weight excluding hydrogens is 266 g/mol. The predicted molar refractivity (Wildman–Crippen MR) is 79.0 cm³/mol. The molecule has 0 N–H and O–H groups in total. The van der Waals surface area contributed by atoms with E-state index in [1.807, 2.05) is 13.0 Å². The number of nitrogens with zero attached hydrogens (tertiary/aromatic N) is 3. The van der Waals surface area contributed by atoms with Crippen LogP contribution in [0.4, 0.5) is 0 Å². The number of piperidine rings is 1. The minimum absolute atomic E-state index is 0.407. The summed E-state index contributed by atoms with van der Waals surface area (Å²) in [5, 5.41) is 7.89. The number of ether oxygens (including phenoxy) is 1. The van der Waals surface area contributed by atoms with Gasteiger partial charge in [-0.05, 0) is 44.0 Å². The van der Waals surface area contributed by atoms with Gasteiger partial charge in [0, 0.05) is 12.6 Å². The van der Waals surface area contributed by atoms with Crippen LogP contribution < -0.4 is 4.74 Å². The predicted octanol–water partition coefficient (Wildman–Crippen LogP) is 3.11. The van der Waals surface area contributed by atoms with Gasteiger partial charge in [-0.2, -0.15) is 0 Å². The van der Waals surface area contributed by atoms with Gasteiger partial charge in [0.25, 0.3) is 0 Å². The minimum Gasteiger partial charge on any atom is -0.497 e. The number of hydrogen-bond acceptors (Lipinski definition) is 5. The molecule has 1 aliphatic heterocycles. The van der Waals surface area contributed by atoms with Crippen LogP contribution in [0.2, 0.25) is 0 Å². The maximum Gasteiger partial charge on any atom is 0.122 e. The molecule has 1 aromatic heterocycles. The number of methoxy groups -OCH3 is 1. The normalized spacial score (nSPS) is 19.6. The van der Waals surface area contributed by atoms with Gasteiger partial charge in [-0.15, -0.1) is 0 Å². The van der Waals surface area contributed by atoms with Crippen LogP contribution in [0.1, 0.15) is 42.3 Å². The van der Waals surface area contributed by atoms with Gasteiger partial charge >= 0.3 is 0 Å². The Kier molecular flexibility index (Phi) is 4.20. The molecule has 0 aliphatic carbocycles. The summed E-state index contributed by atoms with van der Waals surface area (Å²) in [5.74, 6) is 0.914. The lowest BCUT2D eigenvalue weighted by Gasteiger charge is -2.35. The van der Waals surface area contributed by atoms with Gasteiger partial charge in [-0.1, -0.05) is 28.9 Å². The second-order valence-corrected chi connectivity index (χ2v) is 5.55. The Bertz CT molecular complexity index is 597. The first kappa shape index (κ1) is 14.1. The molecule has 5 heteroatoms.